The fourth-order valence-corrected chi connectivity index (χ4v) is 1.40. The van der Waals surface area contributed by atoms with Gasteiger partial charge in [0.05, 0.1) is 6.61 Å². The molecule has 0 aromatic rings. The predicted molar refractivity (Wildman–Crippen MR) is 61.8 cm³/mol. The molecule has 0 aliphatic heterocycles. The first-order valence-corrected chi connectivity index (χ1v) is 5.77. The second-order valence-electron chi connectivity index (χ2n) is 4.90. The summed E-state index contributed by atoms with van der Waals surface area (Å²) in [4.78, 5) is 2.04. The largest absolute Gasteiger partial charge is 0.411 e. The number of nitrogens with two attached hydrogens (primary N) is 1. The number of ether oxygens (including phenoxy) is 1. The summed E-state index contributed by atoms with van der Waals surface area (Å²) in [5.74, 6) is 0. The van der Waals surface area contributed by atoms with Crippen molar-refractivity contribution in [3.63, 3.8) is 0 Å². The second-order valence-corrected chi connectivity index (χ2v) is 4.90. The maximum Gasteiger partial charge on any atom is 0.411 e. The third-order valence-electron chi connectivity index (χ3n) is 2.47. The van der Waals surface area contributed by atoms with Gasteiger partial charge in [0.2, 0.25) is 0 Å². The fourth-order valence-electron chi connectivity index (χ4n) is 1.40. The van der Waals surface area contributed by atoms with E-state index in [1.54, 1.807) is 0 Å². The molecule has 0 unspecified atom stereocenters. The highest BCUT2D eigenvalue weighted by molar-refractivity contribution is 4.74. The van der Waals surface area contributed by atoms with Crippen LogP contribution in [0.2, 0.25) is 0 Å². The summed E-state index contributed by atoms with van der Waals surface area (Å²) in [5.41, 5.74) is 5.59. The van der Waals surface area contributed by atoms with E-state index in [2.05, 4.69) is 4.74 Å². The van der Waals surface area contributed by atoms with Crippen molar-refractivity contribution in [2.45, 2.75) is 26.9 Å². The van der Waals surface area contributed by atoms with E-state index in [4.69, 9.17) is 5.73 Å². The van der Waals surface area contributed by atoms with Gasteiger partial charge in [-0.05, 0) is 18.5 Å². The van der Waals surface area contributed by atoms with Crippen molar-refractivity contribution in [1.82, 2.24) is 4.90 Å². The molecule has 0 aromatic heterocycles. The number of halogens is 3. The molecule has 0 heterocycles. The van der Waals surface area contributed by atoms with Crippen molar-refractivity contribution in [3.8, 4) is 0 Å². The number of rotatable bonds is 8. The monoisotopic (exact) mass is 256 g/mol. The first-order chi connectivity index (χ1) is 7.70. The summed E-state index contributed by atoms with van der Waals surface area (Å²) in [6.07, 6.45) is -4.24. The van der Waals surface area contributed by atoms with Crippen LogP contribution in [0.25, 0.3) is 0 Å². The Bertz CT molecular complexity index is 207. The average molecular weight is 256 g/mol. The number of likely N-dealkylation sites (N-methyl/N-ethyl adjacent to an activating group) is 1. The van der Waals surface area contributed by atoms with Crippen molar-refractivity contribution in [2.24, 2.45) is 11.1 Å². The molecule has 0 saturated carbocycles. The minimum absolute atomic E-state index is 0.0277. The van der Waals surface area contributed by atoms with Crippen LogP contribution in [0, 0.1) is 5.41 Å². The summed E-state index contributed by atoms with van der Waals surface area (Å²) in [5, 5.41) is 0. The molecular weight excluding hydrogens is 233 g/mol. The summed E-state index contributed by atoms with van der Waals surface area (Å²) in [6, 6.07) is 0. The molecular formula is C11H23F3N2O. The van der Waals surface area contributed by atoms with E-state index < -0.39 is 12.8 Å². The van der Waals surface area contributed by atoms with E-state index in [0.29, 0.717) is 13.1 Å². The Labute approximate surface area is 101 Å². The van der Waals surface area contributed by atoms with Crippen molar-refractivity contribution >= 4 is 0 Å². The summed E-state index contributed by atoms with van der Waals surface area (Å²) in [7, 11) is 0. The number of nitrogens with zero attached hydrogens (tertiary/aromatic N) is 1. The van der Waals surface area contributed by atoms with Crippen molar-refractivity contribution < 1.29 is 17.9 Å². The molecule has 104 valence electrons. The molecule has 3 nitrogen and oxygen atoms in total. The zero-order valence-corrected chi connectivity index (χ0v) is 10.8. The minimum atomic E-state index is -4.24. The molecule has 0 fully saturated rings. The lowest BCUT2D eigenvalue weighted by Gasteiger charge is -2.30. The predicted octanol–water partition coefficient (Wildman–Crippen LogP) is 1.87. The van der Waals surface area contributed by atoms with Gasteiger partial charge in [-0.1, -0.05) is 20.8 Å². The lowest BCUT2D eigenvalue weighted by Crippen LogP contribution is -2.40. The van der Waals surface area contributed by atoms with E-state index in [-0.39, 0.29) is 12.0 Å². The van der Waals surface area contributed by atoms with Gasteiger partial charge in [-0.15, -0.1) is 0 Å². The molecule has 0 spiro atoms. The van der Waals surface area contributed by atoms with Gasteiger partial charge in [0.25, 0.3) is 0 Å². The van der Waals surface area contributed by atoms with Gasteiger partial charge in [0.15, 0.2) is 0 Å². The first-order valence-electron chi connectivity index (χ1n) is 5.77. The first kappa shape index (κ1) is 16.7. The van der Waals surface area contributed by atoms with E-state index in [9.17, 15) is 13.2 Å². The lowest BCUT2D eigenvalue weighted by molar-refractivity contribution is -0.174. The smallest absolute Gasteiger partial charge is 0.371 e. The van der Waals surface area contributed by atoms with Gasteiger partial charge < -0.3 is 15.4 Å². The van der Waals surface area contributed by atoms with E-state index in [0.717, 1.165) is 13.1 Å². The van der Waals surface area contributed by atoms with Gasteiger partial charge >= 0.3 is 6.18 Å². The van der Waals surface area contributed by atoms with Crippen LogP contribution in [-0.4, -0.2) is 50.5 Å². The molecule has 0 aromatic carbocycles. The third kappa shape index (κ3) is 9.38. The third-order valence-corrected chi connectivity index (χ3v) is 2.47. The highest BCUT2D eigenvalue weighted by atomic mass is 19.4. The Balaban J connectivity index is 3.84. The number of hydrogen-bond donors (Lipinski definition) is 1. The number of hydrogen-bond acceptors (Lipinski definition) is 3. The maximum absolute atomic E-state index is 11.8. The average Bonchev–Trinajstić information content (AvgIpc) is 2.21. The molecule has 0 amide bonds. The second kappa shape index (κ2) is 7.18. The molecule has 0 aliphatic carbocycles. The molecule has 17 heavy (non-hydrogen) atoms. The summed E-state index contributed by atoms with van der Waals surface area (Å²) in [6.45, 7) is 7.53. The van der Waals surface area contributed by atoms with Crippen LogP contribution in [0.15, 0.2) is 0 Å². The van der Waals surface area contributed by atoms with Crippen LogP contribution < -0.4 is 5.73 Å². The van der Waals surface area contributed by atoms with Crippen LogP contribution in [0.5, 0.6) is 0 Å². The van der Waals surface area contributed by atoms with Crippen LogP contribution in [0.4, 0.5) is 13.2 Å². The fraction of sp³-hybridized carbons (Fsp3) is 1.00. The van der Waals surface area contributed by atoms with Crippen LogP contribution in [0.3, 0.4) is 0 Å². The SMILES string of the molecule is CCN(CCOCC(F)(F)F)CC(C)(C)CN. The number of alkyl halides is 3. The summed E-state index contributed by atoms with van der Waals surface area (Å²) >= 11 is 0. The van der Waals surface area contributed by atoms with Crippen molar-refractivity contribution in [1.29, 1.82) is 0 Å². The van der Waals surface area contributed by atoms with E-state index in [1.165, 1.54) is 0 Å². The highest BCUT2D eigenvalue weighted by Gasteiger charge is 2.27. The molecule has 6 heteroatoms. The van der Waals surface area contributed by atoms with Crippen LogP contribution >= 0.6 is 0 Å². The van der Waals surface area contributed by atoms with Gasteiger partial charge in [-0.25, -0.2) is 0 Å². The molecule has 2 N–H and O–H groups in total. The molecule has 0 atom stereocenters. The van der Waals surface area contributed by atoms with Crippen LogP contribution in [0.1, 0.15) is 20.8 Å². The zero-order chi connectivity index (χ0) is 13.5. The van der Waals surface area contributed by atoms with Crippen molar-refractivity contribution in [2.75, 3.05) is 39.4 Å². The van der Waals surface area contributed by atoms with Crippen LogP contribution in [-0.2, 0) is 4.74 Å². The Morgan fingerprint density at radius 3 is 2.24 bits per heavy atom. The molecule has 0 radical (unpaired) electrons. The normalized spacial score (nSPS) is 13.4. The molecule has 0 rings (SSSR count). The Hall–Kier alpha value is -0.330. The quantitative estimate of drug-likeness (QED) is 0.674. The van der Waals surface area contributed by atoms with Gasteiger partial charge in [-0.3, -0.25) is 0 Å². The zero-order valence-electron chi connectivity index (χ0n) is 10.8. The Kier molecular flexibility index (Phi) is 7.04. The molecule has 0 bridgehead atoms. The Morgan fingerprint density at radius 1 is 1.24 bits per heavy atom. The van der Waals surface area contributed by atoms with Gasteiger partial charge in [0.1, 0.15) is 6.61 Å². The van der Waals surface area contributed by atoms with E-state index >= 15 is 0 Å². The van der Waals surface area contributed by atoms with Gasteiger partial charge in [-0.2, -0.15) is 13.2 Å². The van der Waals surface area contributed by atoms with E-state index in [1.807, 2.05) is 25.7 Å². The highest BCUT2D eigenvalue weighted by Crippen LogP contribution is 2.16. The summed E-state index contributed by atoms with van der Waals surface area (Å²) < 4.78 is 40.1. The Morgan fingerprint density at radius 2 is 1.82 bits per heavy atom. The molecule has 0 aliphatic rings. The topological polar surface area (TPSA) is 38.5 Å². The van der Waals surface area contributed by atoms with Crippen molar-refractivity contribution in [3.05, 3.63) is 0 Å². The standard InChI is InChI=1S/C11H23F3N2O/c1-4-16(8-10(2,3)7-15)5-6-17-9-11(12,13)14/h4-9,15H2,1-3H3. The maximum atomic E-state index is 11.8. The molecule has 0 saturated heterocycles. The minimum Gasteiger partial charge on any atom is -0.371 e. The lowest BCUT2D eigenvalue weighted by atomic mass is 9.93. The van der Waals surface area contributed by atoms with Gasteiger partial charge in [0, 0.05) is 13.1 Å².